The Bertz CT molecular complexity index is 1170. The van der Waals surface area contributed by atoms with Crippen LogP contribution in [0.2, 0.25) is 0 Å². The normalized spacial score (nSPS) is 17.2. The molecule has 1 saturated heterocycles. The van der Waals surface area contributed by atoms with Crippen molar-refractivity contribution in [1.82, 2.24) is 9.80 Å². The van der Waals surface area contributed by atoms with E-state index in [0.717, 1.165) is 18.7 Å². The number of methoxy groups -OCH3 is 1. The summed E-state index contributed by atoms with van der Waals surface area (Å²) in [4.78, 5) is 30.2. The number of carbonyl (C=O) groups is 2. The number of likely N-dealkylation sites (tertiary alicyclic amines) is 1. The summed E-state index contributed by atoms with van der Waals surface area (Å²) in [6.45, 7) is 13.1. The highest BCUT2D eigenvalue weighted by Crippen LogP contribution is 2.42. The van der Waals surface area contributed by atoms with Crippen LogP contribution in [0.4, 0.5) is 0 Å². The molecule has 8 heteroatoms. The van der Waals surface area contributed by atoms with Crippen LogP contribution >= 0.6 is 0 Å². The van der Waals surface area contributed by atoms with Crippen molar-refractivity contribution in [3.05, 3.63) is 58.7 Å². The average Bonchev–Trinajstić information content (AvgIpc) is 3.13. The number of Topliss-reactive ketones (excluding diaryl/α,β-unsaturated/α-hetero) is 1. The van der Waals surface area contributed by atoms with Gasteiger partial charge in [-0.3, -0.25) is 9.59 Å². The Balaban J connectivity index is 2.11. The number of ketones is 1. The smallest absolute Gasteiger partial charge is 0.295 e. The van der Waals surface area contributed by atoms with Gasteiger partial charge in [0.2, 0.25) is 0 Å². The molecule has 1 fully saturated rings. The fraction of sp³-hybridized carbons (Fsp3) is 0.448. The first-order valence-corrected chi connectivity index (χ1v) is 12.7. The van der Waals surface area contributed by atoms with Gasteiger partial charge < -0.3 is 29.5 Å². The Kier molecular flexibility index (Phi) is 9.21. The van der Waals surface area contributed by atoms with Crippen LogP contribution in [0.1, 0.15) is 50.4 Å². The van der Waals surface area contributed by atoms with E-state index in [4.69, 9.17) is 9.47 Å². The fourth-order valence-corrected chi connectivity index (χ4v) is 4.51. The highest BCUT2D eigenvalue weighted by Gasteiger charge is 2.46. The first-order chi connectivity index (χ1) is 17.6. The number of amides is 1. The summed E-state index contributed by atoms with van der Waals surface area (Å²) < 4.78 is 11.1. The molecule has 200 valence electrons. The summed E-state index contributed by atoms with van der Waals surface area (Å²) in [5.41, 5.74) is 1.74. The third kappa shape index (κ3) is 6.07. The minimum atomic E-state index is -0.832. The van der Waals surface area contributed by atoms with Crippen LogP contribution in [0.5, 0.6) is 17.2 Å². The number of phenolic OH excluding ortho intramolecular Hbond substituents is 1. The van der Waals surface area contributed by atoms with Gasteiger partial charge in [0.15, 0.2) is 11.5 Å². The lowest BCUT2D eigenvalue weighted by molar-refractivity contribution is -0.140. The van der Waals surface area contributed by atoms with E-state index in [-0.39, 0.29) is 22.8 Å². The Morgan fingerprint density at radius 3 is 2.41 bits per heavy atom. The molecule has 2 N–H and O–H groups in total. The van der Waals surface area contributed by atoms with Crippen molar-refractivity contribution >= 4 is 17.4 Å². The van der Waals surface area contributed by atoms with E-state index in [1.54, 1.807) is 24.3 Å². The number of carbonyl (C=O) groups excluding carboxylic acids is 2. The van der Waals surface area contributed by atoms with Crippen molar-refractivity contribution in [3.8, 4) is 17.2 Å². The molecule has 1 amide bonds. The molecular formula is C29H38N2O6. The van der Waals surface area contributed by atoms with Gasteiger partial charge in [-0.1, -0.05) is 33.8 Å². The first kappa shape index (κ1) is 28.1. The summed E-state index contributed by atoms with van der Waals surface area (Å²) in [6.07, 6.45) is 0. The van der Waals surface area contributed by atoms with Gasteiger partial charge in [-0.15, -0.1) is 0 Å². The molecule has 1 atom stereocenters. The van der Waals surface area contributed by atoms with Gasteiger partial charge in [0.1, 0.15) is 11.5 Å². The lowest BCUT2D eigenvalue weighted by atomic mass is 9.93. The van der Waals surface area contributed by atoms with Crippen LogP contribution in [0.25, 0.3) is 5.76 Å². The van der Waals surface area contributed by atoms with E-state index in [0.29, 0.717) is 42.5 Å². The van der Waals surface area contributed by atoms with Gasteiger partial charge in [0.05, 0.1) is 25.3 Å². The van der Waals surface area contributed by atoms with Gasteiger partial charge in [0.25, 0.3) is 11.7 Å². The number of hydrogen-bond donors (Lipinski definition) is 2. The zero-order chi connectivity index (χ0) is 27.3. The maximum absolute atomic E-state index is 13.3. The molecule has 1 aliphatic heterocycles. The number of likely N-dealkylation sites (N-methyl/N-ethyl adjacent to an activating group) is 1. The van der Waals surface area contributed by atoms with Crippen LogP contribution in [0.15, 0.2) is 42.0 Å². The van der Waals surface area contributed by atoms with Crippen molar-refractivity contribution in [2.24, 2.45) is 5.92 Å². The molecule has 3 rings (SSSR count). The number of nitrogens with zero attached hydrogens (tertiary/aromatic N) is 2. The zero-order valence-electron chi connectivity index (χ0n) is 22.6. The van der Waals surface area contributed by atoms with E-state index in [1.807, 2.05) is 26.8 Å². The number of aromatic hydroxyl groups is 1. The number of aliphatic hydroxyl groups is 1. The minimum absolute atomic E-state index is 0.0104. The standard InChI is InChI=1S/C29H38N2O6/c1-7-30(8-2)13-14-31-26(20-9-12-23(32)24(16-20)36-6)25(28(34)29(31)35)27(33)22-11-10-21(15-19(22)5)37-17-18(3)4/h9-12,15-16,18,26,32-33H,7-8,13-14,17H2,1-6H3/t26-/m1/s1. The Hall–Kier alpha value is -3.52. The minimum Gasteiger partial charge on any atom is -0.507 e. The Labute approximate surface area is 219 Å². The highest BCUT2D eigenvalue weighted by atomic mass is 16.5. The molecule has 37 heavy (non-hydrogen) atoms. The van der Waals surface area contributed by atoms with Gasteiger partial charge in [-0.05, 0) is 67.4 Å². The zero-order valence-corrected chi connectivity index (χ0v) is 22.6. The van der Waals surface area contributed by atoms with Crippen LogP contribution < -0.4 is 9.47 Å². The number of phenols is 1. The van der Waals surface area contributed by atoms with Gasteiger partial charge in [0, 0.05) is 18.7 Å². The second-order valence-electron chi connectivity index (χ2n) is 9.63. The third-order valence-electron chi connectivity index (χ3n) is 6.65. The SMILES string of the molecule is CCN(CC)CCN1C(=O)C(=O)C(=C(O)c2ccc(OCC(C)C)cc2C)[C@H]1c1ccc(O)c(OC)c1. The predicted molar refractivity (Wildman–Crippen MR) is 143 cm³/mol. The number of aryl methyl sites for hydroxylation is 1. The van der Waals surface area contributed by atoms with Gasteiger partial charge in [-0.2, -0.15) is 0 Å². The molecular weight excluding hydrogens is 472 g/mol. The molecule has 0 aliphatic carbocycles. The third-order valence-corrected chi connectivity index (χ3v) is 6.65. The van der Waals surface area contributed by atoms with Crippen LogP contribution in [-0.2, 0) is 9.59 Å². The van der Waals surface area contributed by atoms with Crippen molar-refractivity contribution in [2.45, 2.75) is 40.7 Å². The van der Waals surface area contributed by atoms with E-state index in [9.17, 15) is 19.8 Å². The van der Waals surface area contributed by atoms with Crippen molar-refractivity contribution < 1.29 is 29.3 Å². The number of ether oxygens (including phenoxy) is 2. The quantitative estimate of drug-likeness (QED) is 0.261. The number of aliphatic hydroxyl groups excluding tert-OH is 1. The second-order valence-corrected chi connectivity index (χ2v) is 9.63. The van der Waals surface area contributed by atoms with E-state index < -0.39 is 17.7 Å². The van der Waals surface area contributed by atoms with E-state index >= 15 is 0 Å². The van der Waals surface area contributed by atoms with Crippen LogP contribution in [0, 0.1) is 12.8 Å². The molecule has 0 bridgehead atoms. The predicted octanol–water partition coefficient (Wildman–Crippen LogP) is 4.51. The number of benzene rings is 2. The van der Waals surface area contributed by atoms with Crippen LogP contribution in [0.3, 0.4) is 0 Å². The summed E-state index contributed by atoms with van der Waals surface area (Å²) >= 11 is 0. The van der Waals surface area contributed by atoms with E-state index in [2.05, 4.69) is 18.7 Å². The summed E-state index contributed by atoms with van der Waals surface area (Å²) in [5, 5.41) is 21.6. The van der Waals surface area contributed by atoms with Crippen molar-refractivity contribution in [3.63, 3.8) is 0 Å². The average molecular weight is 511 g/mol. The molecule has 0 aromatic heterocycles. The van der Waals surface area contributed by atoms with Gasteiger partial charge >= 0.3 is 0 Å². The summed E-state index contributed by atoms with van der Waals surface area (Å²) in [6, 6.07) is 9.14. The molecule has 0 radical (unpaired) electrons. The van der Waals surface area contributed by atoms with Crippen LogP contribution in [-0.4, -0.2) is 71.6 Å². The van der Waals surface area contributed by atoms with Gasteiger partial charge in [-0.25, -0.2) is 0 Å². The molecule has 0 saturated carbocycles. The topological polar surface area (TPSA) is 99.5 Å². The molecule has 1 heterocycles. The molecule has 0 unspecified atom stereocenters. The molecule has 8 nitrogen and oxygen atoms in total. The summed E-state index contributed by atoms with van der Waals surface area (Å²) in [7, 11) is 1.43. The monoisotopic (exact) mass is 510 g/mol. The fourth-order valence-electron chi connectivity index (χ4n) is 4.51. The maximum Gasteiger partial charge on any atom is 0.295 e. The first-order valence-electron chi connectivity index (χ1n) is 12.7. The summed E-state index contributed by atoms with van der Waals surface area (Å²) in [5.74, 6) is -0.457. The lowest BCUT2D eigenvalue weighted by Gasteiger charge is -2.28. The largest absolute Gasteiger partial charge is 0.507 e. The number of rotatable bonds is 11. The maximum atomic E-state index is 13.3. The molecule has 0 spiro atoms. The van der Waals surface area contributed by atoms with Crippen molar-refractivity contribution in [2.75, 3.05) is 39.9 Å². The molecule has 2 aromatic rings. The molecule has 2 aromatic carbocycles. The Morgan fingerprint density at radius 2 is 1.81 bits per heavy atom. The lowest BCUT2D eigenvalue weighted by Crippen LogP contribution is -2.38. The Morgan fingerprint density at radius 1 is 1.11 bits per heavy atom. The highest BCUT2D eigenvalue weighted by molar-refractivity contribution is 6.46. The number of hydrogen-bond acceptors (Lipinski definition) is 7. The second kappa shape index (κ2) is 12.1. The van der Waals surface area contributed by atoms with Crippen molar-refractivity contribution in [1.29, 1.82) is 0 Å². The molecule has 1 aliphatic rings. The van der Waals surface area contributed by atoms with E-state index in [1.165, 1.54) is 18.1 Å².